The van der Waals surface area contributed by atoms with Gasteiger partial charge in [-0.05, 0) is 18.6 Å². The average Bonchev–Trinajstić information content (AvgIpc) is 2.58. The van der Waals surface area contributed by atoms with Crippen molar-refractivity contribution in [2.24, 2.45) is 5.73 Å². The average molecular weight is 212 g/mol. The van der Waals surface area contributed by atoms with E-state index in [0.717, 1.165) is 13.0 Å². The van der Waals surface area contributed by atoms with E-state index in [9.17, 15) is 8.78 Å². The minimum absolute atomic E-state index is 0.139. The van der Waals surface area contributed by atoms with Crippen LogP contribution in [0.25, 0.3) is 0 Å². The highest BCUT2D eigenvalue weighted by Crippen LogP contribution is 2.17. The number of hydrogen-bond acceptors (Lipinski definition) is 2. The van der Waals surface area contributed by atoms with Crippen LogP contribution in [-0.4, -0.2) is 24.0 Å². The lowest BCUT2D eigenvalue weighted by Crippen LogP contribution is -2.26. The molecular weight excluding hydrogens is 198 g/mol. The Morgan fingerprint density at radius 3 is 2.53 bits per heavy atom. The summed E-state index contributed by atoms with van der Waals surface area (Å²) in [4.78, 5) is 1.98. The summed E-state index contributed by atoms with van der Waals surface area (Å²) in [5.74, 6) is -0.953. The molecule has 82 valence electrons. The standard InChI is InChI=1S/C11H14F2N2/c12-10-2-1-3-11(13)9(10)7-15-5-4-8(14)6-15/h1-3,8H,4-7,14H2. The van der Waals surface area contributed by atoms with E-state index in [1.807, 2.05) is 4.90 Å². The van der Waals surface area contributed by atoms with E-state index in [4.69, 9.17) is 5.73 Å². The second-order valence-corrected chi connectivity index (χ2v) is 3.98. The molecule has 2 N–H and O–H groups in total. The molecule has 1 aliphatic heterocycles. The lowest BCUT2D eigenvalue weighted by atomic mass is 10.2. The van der Waals surface area contributed by atoms with E-state index in [0.29, 0.717) is 13.1 Å². The van der Waals surface area contributed by atoms with Crippen LogP contribution in [-0.2, 0) is 6.54 Å². The molecule has 0 amide bonds. The zero-order chi connectivity index (χ0) is 10.8. The van der Waals surface area contributed by atoms with Gasteiger partial charge in [-0.2, -0.15) is 0 Å². The van der Waals surface area contributed by atoms with Crippen LogP contribution in [0.3, 0.4) is 0 Å². The second-order valence-electron chi connectivity index (χ2n) is 3.98. The highest BCUT2D eigenvalue weighted by atomic mass is 19.1. The third-order valence-electron chi connectivity index (χ3n) is 2.75. The summed E-state index contributed by atoms with van der Waals surface area (Å²) in [5.41, 5.74) is 5.87. The van der Waals surface area contributed by atoms with Crippen LogP contribution in [0.15, 0.2) is 18.2 Å². The van der Waals surface area contributed by atoms with Gasteiger partial charge in [-0.15, -0.1) is 0 Å². The van der Waals surface area contributed by atoms with Gasteiger partial charge in [0.25, 0.3) is 0 Å². The molecule has 1 saturated heterocycles. The third kappa shape index (κ3) is 2.33. The molecule has 0 spiro atoms. The number of nitrogens with zero attached hydrogens (tertiary/aromatic N) is 1. The van der Waals surface area contributed by atoms with Gasteiger partial charge in [0.15, 0.2) is 0 Å². The SMILES string of the molecule is NC1CCN(Cc2c(F)cccc2F)C1. The van der Waals surface area contributed by atoms with Gasteiger partial charge < -0.3 is 5.73 Å². The summed E-state index contributed by atoms with van der Waals surface area (Å²) in [7, 11) is 0. The first-order chi connectivity index (χ1) is 7.16. The van der Waals surface area contributed by atoms with E-state index in [1.54, 1.807) is 0 Å². The molecule has 15 heavy (non-hydrogen) atoms. The van der Waals surface area contributed by atoms with Crippen molar-refractivity contribution >= 4 is 0 Å². The fourth-order valence-corrected chi connectivity index (χ4v) is 1.91. The van der Waals surface area contributed by atoms with Crippen molar-refractivity contribution in [1.82, 2.24) is 4.90 Å². The molecule has 0 aromatic heterocycles. The number of rotatable bonds is 2. The van der Waals surface area contributed by atoms with Gasteiger partial charge in [-0.3, -0.25) is 4.90 Å². The van der Waals surface area contributed by atoms with Crippen LogP contribution in [0, 0.1) is 11.6 Å². The lowest BCUT2D eigenvalue weighted by molar-refractivity contribution is 0.314. The summed E-state index contributed by atoms with van der Waals surface area (Å²) in [5, 5.41) is 0. The Kier molecular flexibility index (Phi) is 2.98. The predicted molar refractivity (Wildman–Crippen MR) is 54.2 cm³/mol. The molecule has 0 saturated carbocycles. The normalized spacial score (nSPS) is 22.2. The Balaban J connectivity index is 2.10. The number of benzene rings is 1. The smallest absolute Gasteiger partial charge is 0.130 e. The Hall–Kier alpha value is -1.00. The molecule has 1 aromatic carbocycles. The largest absolute Gasteiger partial charge is 0.326 e. The molecule has 1 fully saturated rings. The summed E-state index contributed by atoms with van der Waals surface area (Å²) in [6, 6.07) is 4.09. The molecule has 4 heteroatoms. The minimum Gasteiger partial charge on any atom is -0.326 e. The Morgan fingerprint density at radius 1 is 1.33 bits per heavy atom. The van der Waals surface area contributed by atoms with Gasteiger partial charge in [0, 0.05) is 31.2 Å². The van der Waals surface area contributed by atoms with Gasteiger partial charge >= 0.3 is 0 Å². The fraction of sp³-hybridized carbons (Fsp3) is 0.455. The van der Waals surface area contributed by atoms with E-state index >= 15 is 0 Å². The lowest BCUT2D eigenvalue weighted by Gasteiger charge is -2.15. The van der Waals surface area contributed by atoms with Crippen molar-refractivity contribution in [3.05, 3.63) is 35.4 Å². The zero-order valence-electron chi connectivity index (χ0n) is 8.42. The first-order valence-electron chi connectivity index (χ1n) is 5.07. The molecule has 1 atom stereocenters. The fourth-order valence-electron chi connectivity index (χ4n) is 1.91. The molecule has 2 nitrogen and oxygen atoms in total. The van der Waals surface area contributed by atoms with Gasteiger partial charge in [-0.25, -0.2) is 8.78 Å². The van der Waals surface area contributed by atoms with Crippen LogP contribution in [0.2, 0.25) is 0 Å². The predicted octanol–water partition coefficient (Wildman–Crippen LogP) is 1.50. The van der Waals surface area contributed by atoms with Gasteiger partial charge in [0.05, 0.1) is 0 Å². The summed E-state index contributed by atoms with van der Waals surface area (Å²) < 4.78 is 26.6. The first kappa shape index (κ1) is 10.5. The van der Waals surface area contributed by atoms with Crippen LogP contribution in [0.4, 0.5) is 8.78 Å². The maximum absolute atomic E-state index is 13.3. The van der Waals surface area contributed by atoms with E-state index in [-0.39, 0.29) is 11.6 Å². The van der Waals surface area contributed by atoms with E-state index in [1.165, 1.54) is 18.2 Å². The molecule has 1 unspecified atom stereocenters. The van der Waals surface area contributed by atoms with E-state index in [2.05, 4.69) is 0 Å². The van der Waals surface area contributed by atoms with Crippen LogP contribution >= 0.6 is 0 Å². The maximum atomic E-state index is 13.3. The van der Waals surface area contributed by atoms with Gasteiger partial charge in [0.2, 0.25) is 0 Å². The number of likely N-dealkylation sites (tertiary alicyclic amines) is 1. The summed E-state index contributed by atoms with van der Waals surface area (Å²) in [6.07, 6.45) is 0.899. The molecule has 1 aliphatic rings. The van der Waals surface area contributed by atoms with Crippen LogP contribution in [0.5, 0.6) is 0 Å². The summed E-state index contributed by atoms with van der Waals surface area (Å²) >= 11 is 0. The van der Waals surface area contributed by atoms with Gasteiger partial charge in [-0.1, -0.05) is 6.07 Å². The summed E-state index contributed by atoms with van der Waals surface area (Å²) in [6.45, 7) is 1.84. The van der Waals surface area contributed by atoms with Crippen molar-refractivity contribution in [2.75, 3.05) is 13.1 Å². The van der Waals surface area contributed by atoms with Gasteiger partial charge in [0.1, 0.15) is 11.6 Å². The first-order valence-corrected chi connectivity index (χ1v) is 5.07. The highest BCUT2D eigenvalue weighted by Gasteiger charge is 2.21. The van der Waals surface area contributed by atoms with Crippen molar-refractivity contribution in [2.45, 2.75) is 19.0 Å². The van der Waals surface area contributed by atoms with Crippen molar-refractivity contribution in [3.63, 3.8) is 0 Å². The molecule has 2 rings (SSSR count). The molecular formula is C11H14F2N2. The molecule has 1 aromatic rings. The topological polar surface area (TPSA) is 29.3 Å². The van der Waals surface area contributed by atoms with Crippen molar-refractivity contribution in [3.8, 4) is 0 Å². The molecule has 0 bridgehead atoms. The van der Waals surface area contributed by atoms with Crippen LogP contribution in [0.1, 0.15) is 12.0 Å². The van der Waals surface area contributed by atoms with Crippen molar-refractivity contribution in [1.29, 1.82) is 0 Å². The molecule has 1 heterocycles. The Bertz CT molecular complexity index is 334. The number of halogens is 2. The number of hydrogen-bond donors (Lipinski definition) is 1. The monoisotopic (exact) mass is 212 g/mol. The van der Waals surface area contributed by atoms with E-state index < -0.39 is 11.6 Å². The Morgan fingerprint density at radius 2 is 2.00 bits per heavy atom. The number of nitrogens with two attached hydrogens (primary N) is 1. The maximum Gasteiger partial charge on any atom is 0.130 e. The highest BCUT2D eigenvalue weighted by molar-refractivity contribution is 5.19. The minimum atomic E-state index is -0.476. The quantitative estimate of drug-likeness (QED) is 0.805. The Labute approximate surface area is 87.7 Å². The molecule has 0 aliphatic carbocycles. The van der Waals surface area contributed by atoms with Crippen molar-refractivity contribution < 1.29 is 8.78 Å². The second kappa shape index (κ2) is 4.24. The zero-order valence-corrected chi connectivity index (χ0v) is 8.42. The van der Waals surface area contributed by atoms with Crippen LogP contribution < -0.4 is 5.73 Å². The molecule has 0 radical (unpaired) electrons. The third-order valence-corrected chi connectivity index (χ3v) is 2.75.